The van der Waals surface area contributed by atoms with Gasteiger partial charge in [-0.1, -0.05) is 5.16 Å². The van der Waals surface area contributed by atoms with E-state index in [9.17, 15) is 4.79 Å². The number of methoxy groups -OCH3 is 1. The topological polar surface area (TPSA) is 86.5 Å². The van der Waals surface area contributed by atoms with E-state index >= 15 is 0 Å². The van der Waals surface area contributed by atoms with E-state index in [0.29, 0.717) is 31.1 Å². The molecular formula is C19H23N3O4. The summed E-state index contributed by atoms with van der Waals surface area (Å²) in [4.78, 5) is 17.4. The highest BCUT2D eigenvalue weighted by Crippen LogP contribution is 2.27. The molecule has 2 aliphatic rings. The van der Waals surface area contributed by atoms with Gasteiger partial charge in [0.1, 0.15) is 11.3 Å². The third-order valence-corrected chi connectivity index (χ3v) is 5.11. The lowest BCUT2D eigenvalue weighted by Gasteiger charge is -2.19. The van der Waals surface area contributed by atoms with Crippen molar-refractivity contribution < 1.29 is 18.8 Å². The summed E-state index contributed by atoms with van der Waals surface area (Å²) in [5, 5.41) is 7.01. The first-order valence-electron chi connectivity index (χ1n) is 9.01. The second-order valence-corrected chi connectivity index (χ2v) is 7.02. The summed E-state index contributed by atoms with van der Waals surface area (Å²) < 4.78 is 16.3. The quantitative estimate of drug-likeness (QED) is 0.879. The van der Waals surface area contributed by atoms with Crippen molar-refractivity contribution >= 4 is 5.91 Å². The number of hydrogen-bond acceptors (Lipinski definition) is 6. The number of carbonyl (C=O) groups excluding carboxylic acids is 1. The van der Waals surface area contributed by atoms with E-state index in [-0.39, 0.29) is 17.9 Å². The van der Waals surface area contributed by atoms with Crippen LogP contribution in [0.15, 0.2) is 16.7 Å². The van der Waals surface area contributed by atoms with Crippen LogP contribution in [-0.4, -0.2) is 42.4 Å². The van der Waals surface area contributed by atoms with Crippen LogP contribution < -0.4 is 10.1 Å². The minimum Gasteiger partial charge on any atom is -0.480 e. The summed E-state index contributed by atoms with van der Waals surface area (Å²) >= 11 is 0. The van der Waals surface area contributed by atoms with Crippen molar-refractivity contribution in [1.82, 2.24) is 15.5 Å². The molecule has 1 amide bonds. The molecule has 26 heavy (non-hydrogen) atoms. The van der Waals surface area contributed by atoms with Gasteiger partial charge in [0.2, 0.25) is 5.88 Å². The highest BCUT2D eigenvalue weighted by Gasteiger charge is 2.32. The molecule has 2 aromatic heterocycles. The van der Waals surface area contributed by atoms with Crippen LogP contribution in [0, 0.1) is 12.8 Å². The number of pyridine rings is 1. The van der Waals surface area contributed by atoms with Crippen LogP contribution in [0.25, 0.3) is 0 Å². The maximum Gasteiger partial charge on any atom is 0.257 e. The zero-order valence-corrected chi connectivity index (χ0v) is 15.1. The summed E-state index contributed by atoms with van der Waals surface area (Å²) in [6, 6.07) is 3.77. The Morgan fingerprint density at radius 3 is 3.00 bits per heavy atom. The zero-order chi connectivity index (χ0) is 18.1. The Bertz CT molecular complexity index is 817. The Hall–Kier alpha value is -2.41. The van der Waals surface area contributed by atoms with E-state index in [2.05, 4.69) is 15.5 Å². The van der Waals surface area contributed by atoms with Crippen molar-refractivity contribution in [2.45, 2.75) is 38.6 Å². The molecule has 0 bridgehead atoms. The Balaban J connectivity index is 1.48. The average Bonchev–Trinajstić information content (AvgIpc) is 3.36. The third-order valence-electron chi connectivity index (χ3n) is 5.11. The molecule has 1 saturated heterocycles. The van der Waals surface area contributed by atoms with Crippen LogP contribution >= 0.6 is 0 Å². The number of hydrogen-bond donors (Lipinski definition) is 1. The molecule has 1 aliphatic heterocycles. The molecule has 7 nitrogen and oxygen atoms in total. The normalized spacial score (nSPS) is 21.6. The van der Waals surface area contributed by atoms with Crippen molar-refractivity contribution in [2.75, 3.05) is 20.3 Å². The van der Waals surface area contributed by atoms with Crippen molar-refractivity contribution in [3.63, 3.8) is 0 Å². The standard InChI is InChI=1S/C19H23N3O4/c1-11-6-14(26-22-11)7-13-9-25-10-17(13)20-18(23)15-8-12-4-3-5-16(12)21-19(15)24-2/h6,8,13,17H,3-5,7,9-10H2,1-2H3,(H,20,23)/t13-,17+/m1/s1. The number of aromatic nitrogens is 2. The molecule has 1 N–H and O–H groups in total. The lowest BCUT2D eigenvalue weighted by Crippen LogP contribution is -2.40. The number of carbonyl (C=O) groups is 1. The summed E-state index contributed by atoms with van der Waals surface area (Å²) in [6.45, 7) is 2.97. The molecule has 2 aromatic rings. The van der Waals surface area contributed by atoms with E-state index in [1.807, 2.05) is 19.1 Å². The SMILES string of the molecule is COc1nc2c(cc1C(=O)N[C@H]1COC[C@H]1Cc1cc(C)no1)CCC2. The molecule has 1 fully saturated rings. The average molecular weight is 357 g/mol. The van der Waals surface area contributed by atoms with Crippen LogP contribution in [0.2, 0.25) is 0 Å². The van der Waals surface area contributed by atoms with Gasteiger partial charge in [0.15, 0.2) is 0 Å². The Morgan fingerprint density at radius 2 is 2.23 bits per heavy atom. The van der Waals surface area contributed by atoms with E-state index in [4.69, 9.17) is 14.0 Å². The fourth-order valence-electron chi connectivity index (χ4n) is 3.75. The lowest BCUT2D eigenvalue weighted by molar-refractivity contribution is 0.0920. The predicted molar refractivity (Wildman–Crippen MR) is 93.3 cm³/mol. The number of nitrogens with zero attached hydrogens (tertiary/aromatic N) is 2. The molecule has 7 heteroatoms. The highest BCUT2D eigenvalue weighted by molar-refractivity contribution is 5.97. The largest absolute Gasteiger partial charge is 0.480 e. The van der Waals surface area contributed by atoms with Gasteiger partial charge < -0.3 is 19.3 Å². The van der Waals surface area contributed by atoms with Gasteiger partial charge in [-0.05, 0) is 37.8 Å². The number of aryl methyl sites for hydroxylation is 3. The molecule has 0 spiro atoms. The van der Waals surface area contributed by atoms with E-state index in [1.165, 1.54) is 0 Å². The zero-order valence-electron chi connectivity index (χ0n) is 15.1. The van der Waals surface area contributed by atoms with Gasteiger partial charge in [0.25, 0.3) is 5.91 Å². The monoisotopic (exact) mass is 357 g/mol. The van der Waals surface area contributed by atoms with Crippen LogP contribution in [0.4, 0.5) is 0 Å². The number of amides is 1. The van der Waals surface area contributed by atoms with Crippen molar-refractivity contribution in [3.05, 3.63) is 40.4 Å². The molecule has 0 aromatic carbocycles. The predicted octanol–water partition coefficient (Wildman–Crippen LogP) is 1.86. The summed E-state index contributed by atoms with van der Waals surface area (Å²) in [7, 11) is 1.55. The smallest absolute Gasteiger partial charge is 0.257 e. The number of fused-ring (bicyclic) bond motifs is 1. The molecule has 0 radical (unpaired) electrons. The third kappa shape index (κ3) is 3.31. The van der Waals surface area contributed by atoms with Gasteiger partial charge in [0, 0.05) is 24.1 Å². The summed E-state index contributed by atoms with van der Waals surface area (Å²) in [5.41, 5.74) is 3.54. The van der Waals surface area contributed by atoms with E-state index in [1.54, 1.807) is 7.11 Å². The van der Waals surface area contributed by atoms with Crippen molar-refractivity contribution in [3.8, 4) is 5.88 Å². The second kappa shape index (κ2) is 7.07. The first kappa shape index (κ1) is 17.0. The van der Waals surface area contributed by atoms with Gasteiger partial charge in [-0.25, -0.2) is 4.98 Å². The van der Waals surface area contributed by atoms with Crippen LogP contribution in [0.1, 0.15) is 39.5 Å². The molecule has 0 unspecified atom stereocenters. The second-order valence-electron chi connectivity index (χ2n) is 7.02. The maximum absolute atomic E-state index is 12.9. The van der Waals surface area contributed by atoms with Gasteiger partial charge in [-0.2, -0.15) is 0 Å². The Morgan fingerprint density at radius 1 is 1.35 bits per heavy atom. The van der Waals surface area contributed by atoms with Gasteiger partial charge in [-0.15, -0.1) is 0 Å². The summed E-state index contributed by atoms with van der Waals surface area (Å²) in [5.74, 6) is 1.19. The lowest BCUT2D eigenvalue weighted by atomic mass is 9.97. The molecule has 1 aliphatic carbocycles. The van der Waals surface area contributed by atoms with Crippen LogP contribution in [0.5, 0.6) is 5.88 Å². The van der Waals surface area contributed by atoms with Crippen molar-refractivity contribution in [1.29, 1.82) is 0 Å². The molecule has 138 valence electrons. The molecule has 4 rings (SSSR count). The minimum absolute atomic E-state index is 0.0779. The fourth-order valence-corrected chi connectivity index (χ4v) is 3.75. The first-order chi connectivity index (χ1) is 12.6. The molecular weight excluding hydrogens is 334 g/mol. The first-order valence-corrected chi connectivity index (χ1v) is 9.01. The molecule has 3 heterocycles. The number of rotatable bonds is 5. The fraction of sp³-hybridized carbons (Fsp3) is 0.526. The summed E-state index contributed by atoms with van der Waals surface area (Å²) in [6.07, 6.45) is 3.67. The Kier molecular flexibility index (Phi) is 4.63. The Labute approximate surface area is 152 Å². The van der Waals surface area contributed by atoms with Gasteiger partial charge in [0.05, 0.1) is 32.1 Å². The minimum atomic E-state index is -0.168. The highest BCUT2D eigenvalue weighted by atomic mass is 16.5. The van der Waals surface area contributed by atoms with E-state index in [0.717, 1.165) is 42.0 Å². The van der Waals surface area contributed by atoms with Gasteiger partial charge >= 0.3 is 0 Å². The number of nitrogens with one attached hydrogen (secondary N) is 1. The van der Waals surface area contributed by atoms with Crippen LogP contribution in [-0.2, 0) is 24.0 Å². The maximum atomic E-state index is 12.9. The number of ether oxygens (including phenoxy) is 2. The van der Waals surface area contributed by atoms with Gasteiger partial charge in [-0.3, -0.25) is 4.79 Å². The van der Waals surface area contributed by atoms with Crippen molar-refractivity contribution in [2.24, 2.45) is 5.92 Å². The molecule has 0 saturated carbocycles. The van der Waals surface area contributed by atoms with E-state index < -0.39 is 0 Å². The van der Waals surface area contributed by atoms with Crippen LogP contribution in [0.3, 0.4) is 0 Å². The molecule has 2 atom stereocenters.